The summed E-state index contributed by atoms with van der Waals surface area (Å²) in [6.07, 6.45) is 14.9. The molecule has 0 atom stereocenters. The molecule has 0 fully saturated rings. The SMILES string of the molecule is C=COCCCCCCC=CCCC. The Bertz CT molecular complexity index is 138. The standard InChI is InChI=1S/C13H24O/c1-3-5-6-7-8-9-10-11-12-13-14-4-2/h4,6-7H,2-3,5,8-13H2,1H3. The number of ether oxygens (including phenoxy) is 1. The van der Waals surface area contributed by atoms with Gasteiger partial charge in [-0.2, -0.15) is 0 Å². The summed E-state index contributed by atoms with van der Waals surface area (Å²) in [6, 6.07) is 0. The number of hydrogen-bond donors (Lipinski definition) is 0. The van der Waals surface area contributed by atoms with E-state index in [4.69, 9.17) is 4.74 Å². The van der Waals surface area contributed by atoms with Gasteiger partial charge in [0.25, 0.3) is 0 Å². The minimum absolute atomic E-state index is 0.829. The van der Waals surface area contributed by atoms with Crippen LogP contribution in [0.2, 0.25) is 0 Å². The van der Waals surface area contributed by atoms with Crippen LogP contribution in [0.1, 0.15) is 51.9 Å². The van der Waals surface area contributed by atoms with E-state index >= 15 is 0 Å². The molecule has 1 nitrogen and oxygen atoms in total. The molecular weight excluding hydrogens is 172 g/mol. The van der Waals surface area contributed by atoms with Gasteiger partial charge < -0.3 is 4.74 Å². The van der Waals surface area contributed by atoms with Crippen molar-refractivity contribution in [3.05, 3.63) is 25.0 Å². The van der Waals surface area contributed by atoms with Gasteiger partial charge in [0.05, 0.1) is 12.9 Å². The van der Waals surface area contributed by atoms with Crippen LogP contribution in [-0.2, 0) is 4.74 Å². The zero-order valence-electron chi connectivity index (χ0n) is 9.50. The molecule has 0 aromatic heterocycles. The zero-order chi connectivity index (χ0) is 10.5. The summed E-state index contributed by atoms with van der Waals surface area (Å²) < 4.78 is 5.04. The lowest BCUT2D eigenvalue weighted by Gasteiger charge is -1.99. The molecule has 0 rings (SSSR count). The minimum atomic E-state index is 0.829. The smallest absolute Gasteiger partial charge is 0.0873 e. The highest BCUT2D eigenvalue weighted by molar-refractivity contribution is 4.80. The maximum atomic E-state index is 5.04. The van der Waals surface area contributed by atoms with Gasteiger partial charge in [-0.3, -0.25) is 0 Å². The molecular formula is C13H24O. The van der Waals surface area contributed by atoms with Crippen molar-refractivity contribution in [1.82, 2.24) is 0 Å². The average Bonchev–Trinajstić information content (AvgIpc) is 2.21. The van der Waals surface area contributed by atoms with E-state index in [2.05, 4.69) is 25.7 Å². The molecule has 14 heavy (non-hydrogen) atoms. The Kier molecular flexibility index (Phi) is 11.6. The molecule has 0 saturated heterocycles. The van der Waals surface area contributed by atoms with Crippen molar-refractivity contribution in [2.45, 2.75) is 51.9 Å². The van der Waals surface area contributed by atoms with Crippen LogP contribution in [-0.4, -0.2) is 6.61 Å². The van der Waals surface area contributed by atoms with Crippen LogP contribution in [0.5, 0.6) is 0 Å². The summed E-state index contributed by atoms with van der Waals surface area (Å²) in [7, 11) is 0. The van der Waals surface area contributed by atoms with Crippen LogP contribution in [0.4, 0.5) is 0 Å². The normalized spacial score (nSPS) is 10.6. The van der Waals surface area contributed by atoms with Gasteiger partial charge in [-0.05, 0) is 25.7 Å². The maximum Gasteiger partial charge on any atom is 0.0873 e. The first kappa shape index (κ1) is 13.3. The van der Waals surface area contributed by atoms with Gasteiger partial charge in [-0.25, -0.2) is 0 Å². The van der Waals surface area contributed by atoms with Crippen LogP contribution in [0.3, 0.4) is 0 Å². The lowest BCUT2D eigenvalue weighted by molar-refractivity contribution is 0.242. The van der Waals surface area contributed by atoms with Crippen LogP contribution in [0.15, 0.2) is 25.0 Å². The quantitative estimate of drug-likeness (QED) is 0.285. The van der Waals surface area contributed by atoms with Gasteiger partial charge in [0.1, 0.15) is 0 Å². The van der Waals surface area contributed by atoms with E-state index in [1.165, 1.54) is 44.8 Å². The molecule has 0 aromatic rings. The molecule has 0 radical (unpaired) electrons. The van der Waals surface area contributed by atoms with E-state index in [-0.39, 0.29) is 0 Å². The second-order valence-electron chi connectivity index (χ2n) is 3.50. The Morgan fingerprint density at radius 2 is 1.71 bits per heavy atom. The highest BCUT2D eigenvalue weighted by atomic mass is 16.5. The molecule has 0 aliphatic heterocycles. The van der Waals surface area contributed by atoms with E-state index in [0.29, 0.717) is 0 Å². The molecule has 0 bridgehead atoms. The van der Waals surface area contributed by atoms with Crippen molar-refractivity contribution in [3.8, 4) is 0 Å². The van der Waals surface area contributed by atoms with Gasteiger partial charge >= 0.3 is 0 Å². The Morgan fingerprint density at radius 1 is 1.00 bits per heavy atom. The molecule has 0 unspecified atom stereocenters. The van der Waals surface area contributed by atoms with Crippen LogP contribution in [0.25, 0.3) is 0 Å². The van der Waals surface area contributed by atoms with E-state index in [1.807, 2.05) is 0 Å². The van der Waals surface area contributed by atoms with Gasteiger partial charge in [0, 0.05) is 0 Å². The number of allylic oxidation sites excluding steroid dienone is 2. The van der Waals surface area contributed by atoms with Gasteiger partial charge in [0.15, 0.2) is 0 Å². The predicted molar refractivity (Wildman–Crippen MR) is 63.3 cm³/mol. The molecule has 0 N–H and O–H groups in total. The third-order valence-electron chi connectivity index (χ3n) is 2.12. The average molecular weight is 196 g/mol. The van der Waals surface area contributed by atoms with E-state index in [0.717, 1.165) is 13.0 Å². The third-order valence-corrected chi connectivity index (χ3v) is 2.12. The highest BCUT2D eigenvalue weighted by Crippen LogP contribution is 2.04. The fourth-order valence-corrected chi connectivity index (χ4v) is 1.29. The van der Waals surface area contributed by atoms with Gasteiger partial charge in [-0.1, -0.05) is 44.9 Å². The molecule has 0 saturated carbocycles. The first-order valence-electron chi connectivity index (χ1n) is 5.79. The van der Waals surface area contributed by atoms with Crippen molar-refractivity contribution < 1.29 is 4.74 Å². The van der Waals surface area contributed by atoms with Gasteiger partial charge in [0.2, 0.25) is 0 Å². The molecule has 0 spiro atoms. The summed E-state index contributed by atoms with van der Waals surface area (Å²) in [5.74, 6) is 0. The van der Waals surface area contributed by atoms with Crippen LogP contribution in [0, 0.1) is 0 Å². The largest absolute Gasteiger partial charge is 0.502 e. The summed E-state index contributed by atoms with van der Waals surface area (Å²) in [4.78, 5) is 0. The lowest BCUT2D eigenvalue weighted by Crippen LogP contribution is -1.86. The fourth-order valence-electron chi connectivity index (χ4n) is 1.29. The van der Waals surface area contributed by atoms with Crippen LogP contribution < -0.4 is 0 Å². The highest BCUT2D eigenvalue weighted by Gasteiger charge is 1.88. The van der Waals surface area contributed by atoms with Crippen molar-refractivity contribution in [2.75, 3.05) is 6.61 Å². The summed E-state index contributed by atoms with van der Waals surface area (Å²) in [5.41, 5.74) is 0. The molecule has 82 valence electrons. The number of rotatable bonds is 10. The minimum Gasteiger partial charge on any atom is -0.502 e. The first-order valence-corrected chi connectivity index (χ1v) is 5.79. The van der Waals surface area contributed by atoms with Crippen molar-refractivity contribution in [2.24, 2.45) is 0 Å². The molecule has 0 aliphatic rings. The Labute approximate surface area is 88.9 Å². The van der Waals surface area contributed by atoms with Gasteiger partial charge in [-0.15, -0.1) is 0 Å². The maximum absolute atomic E-state index is 5.04. The summed E-state index contributed by atoms with van der Waals surface area (Å²) in [6.45, 7) is 6.55. The fraction of sp³-hybridized carbons (Fsp3) is 0.692. The van der Waals surface area contributed by atoms with Crippen molar-refractivity contribution in [3.63, 3.8) is 0 Å². The third kappa shape index (κ3) is 11.3. The monoisotopic (exact) mass is 196 g/mol. The summed E-state index contributed by atoms with van der Waals surface area (Å²) >= 11 is 0. The molecule has 0 aromatic carbocycles. The molecule has 0 amide bonds. The zero-order valence-corrected chi connectivity index (χ0v) is 9.50. The molecule has 1 heteroatoms. The Balaban J connectivity index is 2.95. The molecule has 0 heterocycles. The van der Waals surface area contributed by atoms with Crippen LogP contribution >= 0.6 is 0 Å². The van der Waals surface area contributed by atoms with E-state index in [9.17, 15) is 0 Å². The number of unbranched alkanes of at least 4 members (excludes halogenated alkanes) is 5. The predicted octanol–water partition coefficient (Wildman–Crippen LogP) is 4.45. The van der Waals surface area contributed by atoms with E-state index in [1.54, 1.807) is 0 Å². The van der Waals surface area contributed by atoms with E-state index < -0.39 is 0 Å². The van der Waals surface area contributed by atoms with Crippen molar-refractivity contribution in [1.29, 1.82) is 0 Å². The first-order chi connectivity index (χ1) is 6.91. The Hall–Kier alpha value is -0.720. The lowest BCUT2D eigenvalue weighted by atomic mass is 10.1. The second kappa shape index (κ2) is 12.3. The topological polar surface area (TPSA) is 9.23 Å². The summed E-state index contributed by atoms with van der Waals surface area (Å²) in [5, 5.41) is 0. The number of hydrogen-bond acceptors (Lipinski definition) is 1. The molecule has 0 aliphatic carbocycles. The second-order valence-corrected chi connectivity index (χ2v) is 3.50. The Morgan fingerprint density at radius 3 is 2.43 bits per heavy atom. The van der Waals surface area contributed by atoms with Crippen molar-refractivity contribution >= 4 is 0 Å².